The smallest absolute Gasteiger partial charge is 0.347 e. The molecule has 0 aliphatic heterocycles. The van der Waals surface area contributed by atoms with Crippen LogP contribution in [0.4, 0.5) is 11.4 Å². The van der Waals surface area contributed by atoms with Crippen LogP contribution in [0.15, 0.2) is 105 Å². The van der Waals surface area contributed by atoms with Crippen molar-refractivity contribution in [1.29, 1.82) is 0 Å². The summed E-state index contributed by atoms with van der Waals surface area (Å²) in [6, 6.07) is 24.5. The summed E-state index contributed by atoms with van der Waals surface area (Å²) in [7, 11) is -3.16. The molecule has 6 rings (SSSR count). The third kappa shape index (κ3) is 7.87. The lowest BCUT2D eigenvalue weighted by Crippen LogP contribution is -2.38. The number of sulfonamides is 1. The summed E-state index contributed by atoms with van der Waals surface area (Å²) < 4.78 is 47.6. The number of hydrogen-bond donors (Lipinski definition) is 0. The predicted octanol–water partition coefficient (Wildman–Crippen LogP) is 8.23. The van der Waals surface area contributed by atoms with Gasteiger partial charge < -0.3 is 18.8 Å². The third-order valence-corrected chi connectivity index (χ3v) is 11.5. The predicted molar refractivity (Wildman–Crippen MR) is 212 cm³/mol. The first-order valence-electron chi connectivity index (χ1n) is 17.5. The van der Waals surface area contributed by atoms with E-state index in [0.717, 1.165) is 10.4 Å². The number of para-hydroxylation sites is 1. The molecule has 54 heavy (non-hydrogen) atoms. The fourth-order valence-electron chi connectivity index (χ4n) is 6.13. The molecular formula is C41H41N3O8S2. The molecule has 0 unspecified atom stereocenters. The van der Waals surface area contributed by atoms with Gasteiger partial charge in [-0.05, 0) is 107 Å². The molecule has 0 aliphatic rings. The van der Waals surface area contributed by atoms with Crippen LogP contribution in [0.5, 0.6) is 5.75 Å². The molecule has 0 aliphatic carbocycles. The van der Waals surface area contributed by atoms with Crippen LogP contribution < -0.4 is 19.6 Å². The maximum absolute atomic E-state index is 15.2. The van der Waals surface area contributed by atoms with Crippen LogP contribution in [0.25, 0.3) is 31.8 Å². The molecule has 0 atom stereocenters. The number of benzene rings is 4. The lowest BCUT2D eigenvalue weighted by molar-refractivity contribution is -0.154. The number of carbonyl (C=O) groups is 2. The van der Waals surface area contributed by atoms with E-state index in [4.69, 9.17) is 13.9 Å². The van der Waals surface area contributed by atoms with E-state index in [1.165, 1.54) is 42.7 Å². The number of esters is 1. The zero-order valence-corrected chi connectivity index (χ0v) is 32.5. The van der Waals surface area contributed by atoms with Crippen molar-refractivity contribution in [3.05, 3.63) is 113 Å². The molecule has 0 spiro atoms. The summed E-state index contributed by atoms with van der Waals surface area (Å²) in [4.78, 5) is 48.2. The van der Waals surface area contributed by atoms with Gasteiger partial charge in [-0.15, -0.1) is 11.3 Å². The van der Waals surface area contributed by atoms with Crippen LogP contribution in [0.3, 0.4) is 0 Å². The number of thiazole rings is 1. The summed E-state index contributed by atoms with van der Waals surface area (Å²) in [6.45, 7) is 10.7. The minimum absolute atomic E-state index is 0.0196. The normalized spacial score (nSPS) is 11.8. The zero-order valence-electron chi connectivity index (χ0n) is 30.9. The average Bonchev–Trinajstić information content (AvgIpc) is 3.57. The maximum Gasteiger partial charge on any atom is 0.347 e. The van der Waals surface area contributed by atoms with Gasteiger partial charge >= 0.3 is 11.6 Å². The fraction of sp³-hybridized carbons (Fsp3) is 0.268. The first kappa shape index (κ1) is 38.2. The highest BCUT2D eigenvalue weighted by molar-refractivity contribution is 7.93. The summed E-state index contributed by atoms with van der Waals surface area (Å²) in [5.74, 6) is -0.900. The summed E-state index contributed by atoms with van der Waals surface area (Å²) in [5, 5.41) is 0.459. The van der Waals surface area contributed by atoms with Gasteiger partial charge in [0.2, 0.25) is 0 Å². The van der Waals surface area contributed by atoms with Crippen molar-refractivity contribution in [1.82, 2.24) is 4.98 Å². The second kappa shape index (κ2) is 15.4. The van der Waals surface area contributed by atoms with Crippen molar-refractivity contribution < 1.29 is 31.9 Å². The van der Waals surface area contributed by atoms with E-state index in [-0.39, 0.29) is 50.1 Å². The Hall–Kier alpha value is -5.53. The molecule has 0 fully saturated rings. The number of fused-ring (bicyclic) bond motifs is 2. The van der Waals surface area contributed by atoms with Gasteiger partial charge in [0.15, 0.2) is 0 Å². The largest absolute Gasteiger partial charge is 0.497 e. The highest BCUT2D eigenvalue weighted by Gasteiger charge is 2.36. The molecule has 2 heterocycles. The van der Waals surface area contributed by atoms with Crippen LogP contribution in [0, 0.1) is 0 Å². The van der Waals surface area contributed by atoms with Gasteiger partial charge in [0.05, 0.1) is 33.5 Å². The second-order valence-electron chi connectivity index (χ2n) is 13.5. The molecule has 2 aromatic heterocycles. The van der Waals surface area contributed by atoms with Gasteiger partial charge in [-0.25, -0.2) is 18.2 Å². The first-order chi connectivity index (χ1) is 25.7. The monoisotopic (exact) mass is 767 g/mol. The standard InChI is InChI=1S/C41H41N3O8S2/c1-7-43(8-2)28-18-23-31-33(25-28)51-40(47)37(38-42-32-11-9-10-12-34(32)53-38)36(31)39(46)44(27-16-19-29(50-6)20-17-27)54(48,49)30-21-13-26(14-22-30)15-24-35(45)52-41(3,4)5/h9-14,16-23,25H,7-8,15,24H2,1-6H3. The Kier molecular flexibility index (Phi) is 10.9. The minimum Gasteiger partial charge on any atom is -0.497 e. The van der Waals surface area contributed by atoms with Crippen molar-refractivity contribution in [3.63, 3.8) is 0 Å². The van der Waals surface area contributed by atoms with Gasteiger partial charge in [0, 0.05) is 36.7 Å². The number of ether oxygens (including phenoxy) is 2. The van der Waals surface area contributed by atoms with Crippen LogP contribution in [0.2, 0.25) is 0 Å². The molecule has 6 aromatic rings. The average molecular weight is 768 g/mol. The quantitative estimate of drug-likeness (QED) is 0.0885. The van der Waals surface area contributed by atoms with E-state index in [2.05, 4.69) is 9.88 Å². The number of aryl methyl sites for hydroxylation is 1. The van der Waals surface area contributed by atoms with E-state index in [1.807, 2.05) is 38.1 Å². The van der Waals surface area contributed by atoms with Crippen molar-refractivity contribution in [3.8, 4) is 16.3 Å². The fourth-order valence-corrected chi connectivity index (χ4v) is 8.53. The number of anilines is 2. The van der Waals surface area contributed by atoms with Crippen LogP contribution in [-0.4, -0.2) is 51.1 Å². The number of carbonyl (C=O) groups excluding carboxylic acids is 2. The van der Waals surface area contributed by atoms with E-state index in [1.54, 1.807) is 63.2 Å². The van der Waals surface area contributed by atoms with Crippen molar-refractivity contribution in [2.24, 2.45) is 0 Å². The van der Waals surface area contributed by atoms with Gasteiger partial charge in [-0.1, -0.05) is 24.3 Å². The zero-order chi connectivity index (χ0) is 38.8. The number of aromatic nitrogens is 1. The number of methoxy groups -OCH3 is 1. The highest BCUT2D eigenvalue weighted by atomic mass is 32.2. The topological polar surface area (TPSA) is 136 Å². The lowest BCUT2D eigenvalue weighted by Gasteiger charge is -2.25. The van der Waals surface area contributed by atoms with Crippen molar-refractivity contribution in [2.45, 2.75) is 58.0 Å². The Morgan fingerprint density at radius 2 is 1.56 bits per heavy atom. The number of hydrogen-bond acceptors (Lipinski definition) is 11. The second-order valence-corrected chi connectivity index (χ2v) is 16.3. The van der Waals surface area contributed by atoms with Crippen molar-refractivity contribution >= 4 is 65.8 Å². The molecule has 11 nitrogen and oxygen atoms in total. The van der Waals surface area contributed by atoms with Gasteiger partial charge in [0.25, 0.3) is 15.9 Å². The van der Waals surface area contributed by atoms with E-state index < -0.39 is 27.2 Å². The number of amides is 1. The molecule has 4 aromatic carbocycles. The molecule has 0 radical (unpaired) electrons. The Morgan fingerprint density at radius 1 is 0.889 bits per heavy atom. The Bertz CT molecular complexity index is 2460. The Morgan fingerprint density at radius 3 is 2.19 bits per heavy atom. The van der Waals surface area contributed by atoms with Crippen LogP contribution in [0.1, 0.15) is 57.0 Å². The van der Waals surface area contributed by atoms with E-state index in [0.29, 0.717) is 40.6 Å². The third-order valence-electron chi connectivity index (χ3n) is 8.73. The van der Waals surface area contributed by atoms with Crippen molar-refractivity contribution in [2.75, 3.05) is 29.4 Å². The highest BCUT2D eigenvalue weighted by Crippen LogP contribution is 2.37. The molecular weight excluding hydrogens is 727 g/mol. The Labute approximate surface area is 317 Å². The molecule has 0 N–H and O–H groups in total. The lowest BCUT2D eigenvalue weighted by atomic mass is 10.0. The Balaban J connectivity index is 1.52. The molecule has 0 saturated carbocycles. The molecule has 280 valence electrons. The molecule has 0 bridgehead atoms. The number of nitrogens with zero attached hydrogens (tertiary/aromatic N) is 3. The molecule has 13 heteroatoms. The van der Waals surface area contributed by atoms with E-state index in [9.17, 15) is 18.0 Å². The summed E-state index contributed by atoms with van der Waals surface area (Å²) in [5.41, 5.74) is 0.462. The first-order valence-corrected chi connectivity index (χ1v) is 19.8. The van der Waals surface area contributed by atoms with Gasteiger partial charge in [0.1, 0.15) is 27.5 Å². The molecule has 1 amide bonds. The van der Waals surface area contributed by atoms with E-state index >= 15 is 4.79 Å². The van der Waals surface area contributed by atoms with Gasteiger partial charge in [-0.3, -0.25) is 9.59 Å². The summed E-state index contributed by atoms with van der Waals surface area (Å²) >= 11 is 1.20. The summed E-state index contributed by atoms with van der Waals surface area (Å²) in [6.07, 6.45) is 0.428. The SMILES string of the molecule is CCN(CC)c1ccc2c(C(=O)N(c3ccc(OC)cc3)S(=O)(=O)c3ccc(CCC(=O)OC(C)(C)C)cc3)c(-c3nc4ccccc4s3)c(=O)oc2c1. The van der Waals surface area contributed by atoms with Gasteiger partial charge in [-0.2, -0.15) is 4.31 Å². The molecule has 0 saturated heterocycles. The van der Waals surface area contributed by atoms with Crippen LogP contribution in [-0.2, 0) is 26.0 Å². The van der Waals surface area contributed by atoms with Crippen LogP contribution >= 0.6 is 11.3 Å². The minimum atomic E-state index is -4.63. The number of rotatable bonds is 12. The maximum atomic E-state index is 15.2.